The first-order chi connectivity index (χ1) is 17.6. The average Bonchev–Trinajstić information content (AvgIpc) is 2.86. The van der Waals surface area contributed by atoms with Crippen LogP contribution in [0.25, 0.3) is 0 Å². The number of nitrogens with one attached hydrogen (secondary N) is 1. The van der Waals surface area contributed by atoms with Crippen molar-refractivity contribution >= 4 is 27.7 Å². The predicted octanol–water partition coefficient (Wildman–Crippen LogP) is 2.84. The molecule has 0 atom stereocenters. The van der Waals surface area contributed by atoms with Gasteiger partial charge in [0.2, 0.25) is 11.7 Å². The Morgan fingerprint density at radius 2 is 1.81 bits per heavy atom. The lowest BCUT2D eigenvalue weighted by molar-refractivity contribution is -0.120. The highest BCUT2D eigenvalue weighted by Gasteiger charge is 2.18. The molecule has 1 saturated heterocycles. The number of carbonyl (C=O) groups is 1. The number of anilines is 1. The van der Waals surface area contributed by atoms with E-state index in [2.05, 4.69) is 74.2 Å². The summed E-state index contributed by atoms with van der Waals surface area (Å²) < 4.78 is 21.6. The van der Waals surface area contributed by atoms with E-state index in [1.165, 1.54) is 11.8 Å². The number of hydrazine groups is 1. The van der Waals surface area contributed by atoms with Gasteiger partial charge in [-0.2, -0.15) is 10.2 Å². The predicted molar refractivity (Wildman–Crippen MR) is 141 cm³/mol. The van der Waals surface area contributed by atoms with E-state index in [-0.39, 0.29) is 24.1 Å². The van der Waals surface area contributed by atoms with Crippen LogP contribution in [0, 0.1) is 17.2 Å². The molecule has 2 N–H and O–H groups in total. The molecule has 0 spiro atoms. The number of rotatable bonds is 9. The van der Waals surface area contributed by atoms with Crippen molar-refractivity contribution in [2.24, 2.45) is 5.92 Å². The van der Waals surface area contributed by atoms with Gasteiger partial charge in [-0.3, -0.25) is 20.1 Å². The van der Waals surface area contributed by atoms with Crippen LogP contribution in [0.3, 0.4) is 0 Å². The van der Waals surface area contributed by atoms with E-state index in [4.69, 9.17) is 10.4 Å². The summed E-state index contributed by atoms with van der Waals surface area (Å²) in [4.78, 5) is 25.8. The third-order valence-corrected chi connectivity index (χ3v) is 5.98. The van der Waals surface area contributed by atoms with Gasteiger partial charge in [0.25, 0.3) is 6.43 Å². The van der Waals surface area contributed by atoms with Crippen LogP contribution >= 0.6 is 15.9 Å². The molecule has 202 valence electrons. The van der Waals surface area contributed by atoms with Crippen molar-refractivity contribution in [2.45, 2.75) is 33.2 Å². The lowest BCUT2D eigenvalue weighted by atomic mass is 10.1. The first kappa shape index (κ1) is 30.5. The summed E-state index contributed by atoms with van der Waals surface area (Å²) in [5.74, 6) is 0.668. The number of nitriles is 1. The van der Waals surface area contributed by atoms with Crippen molar-refractivity contribution < 1.29 is 18.7 Å². The summed E-state index contributed by atoms with van der Waals surface area (Å²) in [6, 6.07) is 10.2. The second-order valence-electron chi connectivity index (χ2n) is 9.16. The van der Waals surface area contributed by atoms with Gasteiger partial charge in [0.1, 0.15) is 12.7 Å². The number of carbonyl (C=O) groups excluding carboxylic acids is 1. The molecule has 1 amide bonds. The summed E-state index contributed by atoms with van der Waals surface area (Å²) in [7, 11) is 2.16. The van der Waals surface area contributed by atoms with Gasteiger partial charge in [0, 0.05) is 45.5 Å². The molecule has 1 aromatic heterocycles. The van der Waals surface area contributed by atoms with Gasteiger partial charge in [-0.25, -0.2) is 13.8 Å². The van der Waals surface area contributed by atoms with Crippen LogP contribution in [0.15, 0.2) is 34.9 Å². The summed E-state index contributed by atoms with van der Waals surface area (Å²) in [6.07, 6.45) is -0.772. The fraction of sp³-hybridized carbons (Fsp3) is 0.520. The zero-order valence-corrected chi connectivity index (χ0v) is 23.0. The zero-order chi connectivity index (χ0) is 27.4. The zero-order valence-electron chi connectivity index (χ0n) is 21.4. The highest BCUT2D eigenvalue weighted by atomic mass is 79.9. The number of piperazine rings is 1. The summed E-state index contributed by atoms with van der Waals surface area (Å²) >= 11 is 3.42. The molecule has 2 heterocycles. The van der Waals surface area contributed by atoms with E-state index < -0.39 is 13.0 Å². The lowest BCUT2D eigenvalue weighted by Gasteiger charge is -2.32. The molecule has 1 fully saturated rings. The van der Waals surface area contributed by atoms with Crippen molar-refractivity contribution in [3.05, 3.63) is 51.9 Å². The quantitative estimate of drug-likeness (QED) is 0.435. The maximum Gasteiger partial charge on any atom is 0.261 e. The molecule has 1 aliphatic heterocycles. The largest absolute Gasteiger partial charge is 0.390 e. The van der Waals surface area contributed by atoms with Gasteiger partial charge in [0.05, 0.1) is 10.9 Å². The minimum absolute atomic E-state index is 0.0575. The van der Waals surface area contributed by atoms with Crippen LogP contribution in [0.1, 0.15) is 30.8 Å². The molecule has 1 aliphatic rings. The Bertz CT molecular complexity index is 1030. The van der Waals surface area contributed by atoms with E-state index in [0.29, 0.717) is 16.8 Å². The summed E-state index contributed by atoms with van der Waals surface area (Å²) in [5, 5.41) is 18.2. The Kier molecular flexibility index (Phi) is 12.8. The third kappa shape index (κ3) is 11.1. The number of benzene rings is 1. The Hall–Kier alpha value is -2.72. The van der Waals surface area contributed by atoms with Crippen LogP contribution in [0.2, 0.25) is 0 Å². The van der Waals surface area contributed by atoms with Crippen molar-refractivity contribution in [3.63, 3.8) is 0 Å². The number of aliphatic hydroxyl groups is 1. The van der Waals surface area contributed by atoms with Crippen LogP contribution in [0.4, 0.5) is 14.6 Å². The monoisotopic (exact) mass is 581 g/mol. The maximum atomic E-state index is 12.8. The number of alkyl halides is 2. The number of aliphatic hydroxyl groups excluding tert-OH is 1. The molecular weight excluding hydrogens is 548 g/mol. The first-order valence-corrected chi connectivity index (χ1v) is 12.8. The minimum atomic E-state index is -2.56. The number of nitrogens with zero attached hydrogens (tertiary/aromatic N) is 6. The number of amides is 1. The topological polar surface area (TPSA) is 109 Å². The molecule has 12 heteroatoms. The molecule has 0 radical (unpaired) electrons. The van der Waals surface area contributed by atoms with Crippen molar-refractivity contribution in [3.8, 4) is 6.07 Å². The summed E-state index contributed by atoms with van der Waals surface area (Å²) in [6.45, 7) is 8.93. The smallest absolute Gasteiger partial charge is 0.261 e. The van der Waals surface area contributed by atoms with E-state index in [0.717, 1.165) is 38.3 Å². The molecule has 37 heavy (non-hydrogen) atoms. The van der Waals surface area contributed by atoms with Crippen molar-refractivity contribution in [1.82, 2.24) is 25.2 Å². The van der Waals surface area contributed by atoms with Crippen molar-refractivity contribution in [1.29, 1.82) is 5.26 Å². The Labute approximate surface area is 225 Å². The maximum absolute atomic E-state index is 12.8. The van der Waals surface area contributed by atoms with Crippen LogP contribution < -0.4 is 10.4 Å². The van der Waals surface area contributed by atoms with Crippen LogP contribution in [0.5, 0.6) is 0 Å². The second-order valence-corrected chi connectivity index (χ2v) is 10.0. The molecule has 1 aromatic carbocycles. The molecule has 3 rings (SSSR count). The number of aromatic nitrogens is 2. The normalized spacial score (nSPS) is 14.2. The van der Waals surface area contributed by atoms with E-state index in [1.807, 2.05) is 18.2 Å². The van der Waals surface area contributed by atoms with E-state index in [1.54, 1.807) is 5.01 Å². The third-order valence-electron chi connectivity index (χ3n) is 5.42. The first-order valence-electron chi connectivity index (χ1n) is 12.0. The standard InChI is InChI=1S/C23H30BrN7O.C2H4F2O/c1-17(2)15-31(23-20(24)14-26-21(13-25)27-23)28-22(32)12-18-4-6-19(7-5-18)16-30-10-8-29(3)9-11-30;3-2(4)1-5/h4-7,14,17H,8-12,15-16H2,1-3H3,(H,28,32);2,5H,1H2. The molecule has 0 saturated carbocycles. The Morgan fingerprint density at radius 3 is 2.35 bits per heavy atom. The minimum Gasteiger partial charge on any atom is -0.390 e. The number of likely N-dealkylation sites (N-methyl/N-ethyl adjacent to an activating group) is 1. The average molecular weight is 582 g/mol. The van der Waals surface area contributed by atoms with Gasteiger partial charge in [-0.05, 0) is 40.0 Å². The van der Waals surface area contributed by atoms with Gasteiger partial charge >= 0.3 is 0 Å². The number of halogens is 3. The van der Waals surface area contributed by atoms with Gasteiger partial charge in [0.15, 0.2) is 5.82 Å². The fourth-order valence-corrected chi connectivity index (χ4v) is 3.96. The van der Waals surface area contributed by atoms with Crippen LogP contribution in [-0.2, 0) is 17.8 Å². The molecule has 0 unspecified atom stereocenters. The van der Waals surface area contributed by atoms with E-state index >= 15 is 0 Å². The molecule has 9 nitrogen and oxygen atoms in total. The molecule has 0 aliphatic carbocycles. The number of hydrogen-bond acceptors (Lipinski definition) is 8. The number of hydrogen-bond donors (Lipinski definition) is 2. The van der Waals surface area contributed by atoms with Gasteiger partial charge in [-0.1, -0.05) is 38.1 Å². The fourth-order valence-electron chi connectivity index (χ4n) is 3.55. The van der Waals surface area contributed by atoms with Crippen LogP contribution in [-0.4, -0.2) is 83.6 Å². The van der Waals surface area contributed by atoms with Gasteiger partial charge < -0.3 is 10.0 Å². The van der Waals surface area contributed by atoms with Gasteiger partial charge in [-0.15, -0.1) is 0 Å². The summed E-state index contributed by atoms with van der Waals surface area (Å²) in [5.41, 5.74) is 5.15. The highest BCUT2D eigenvalue weighted by Crippen LogP contribution is 2.23. The molecule has 0 bridgehead atoms. The van der Waals surface area contributed by atoms with Crippen molar-refractivity contribution in [2.75, 3.05) is 51.4 Å². The Balaban J connectivity index is 0.000000877. The van der Waals surface area contributed by atoms with E-state index in [9.17, 15) is 13.6 Å². The molecule has 2 aromatic rings. The second kappa shape index (κ2) is 15.5. The SMILES string of the molecule is CC(C)CN(NC(=O)Cc1ccc(CN2CCN(C)CC2)cc1)c1nc(C#N)ncc1Br.OCC(F)F. The highest BCUT2D eigenvalue weighted by molar-refractivity contribution is 9.10. The Morgan fingerprint density at radius 1 is 1.22 bits per heavy atom. The lowest BCUT2D eigenvalue weighted by Crippen LogP contribution is -2.45. The molecular formula is C25H34BrF2N7O2.